The molecule has 102 valence electrons. The molecule has 1 aromatic carbocycles. The maximum atomic E-state index is 5.99. The number of hydrogen-bond donors (Lipinski definition) is 1. The Hall–Kier alpha value is -2.18. The lowest BCUT2D eigenvalue weighted by Crippen LogP contribution is -2.01. The molecule has 0 aliphatic rings. The van der Waals surface area contributed by atoms with Gasteiger partial charge in [0.15, 0.2) is 0 Å². The molecule has 3 aromatic rings. The molecule has 3 rings (SSSR count). The third-order valence-electron chi connectivity index (χ3n) is 2.92. The second kappa shape index (κ2) is 5.07. The van der Waals surface area contributed by atoms with Crippen LogP contribution in [0, 0.1) is 6.92 Å². The molecule has 0 amide bonds. The molecule has 0 saturated carbocycles. The number of nitrogens with zero attached hydrogens (tertiary/aromatic N) is 4. The second-order valence-corrected chi connectivity index (χ2v) is 4.67. The van der Waals surface area contributed by atoms with E-state index in [1.165, 1.54) is 0 Å². The Morgan fingerprint density at radius 2 is 2.20 bits per heavy atom. The summed E-state index contributed by atoms with van der Waals surface area (Å²) in [5.74, 6) is 1.70. The molecule has 20 heavy (non-hydrogen) atoms. The van der Waals surface area contributed by atoms with E-state index < -0.39 is 0 Å². The smallest absolute Gasteiger partial charge is 0.265 e. The van der Waals surface area contributed by atoms with Gasteiger partial charge < -0.3 is 10.5 Å². The van der Waals surface area contributed by atoms with Crippen LogP contribution in [-0.4, -0.2) is 19.6 Å². The van der Waals surface area contributed by atoms with Crippen LogP contribution < -0.4 is 10.5 Å². The quantitative estimate of drug-likeness (QED) is 0.800. The highest BCUT2D eigenvalue weighted by Crippen LogP contribution is 2.28. The first-order valence-corrected chi connectivity index (χ1v) is 6.39. The minimum atomic E-state index is 0.349. The van der Waals surface area contributed by atoms with Crippen molar-refractivity contribution in [3.63, 3.8) is 0 Å². The highest BCUT2D eigenvalue weighted by atomic mass is 35.5. The maximum absolute atomic E-state index is 5.99. The Bertz CT molecular complexity index is 771. The maximum Gasteiger partial charge on any atom is 0.265 e. The first-order valence-electron chi connectivity index (χ1n) is 6.01. The molecule has 7 heteroatoms. The zero-order chi connectivity index (χ0) is 14.1. The summed E-state index contributed by atoms with van der Waals surface area (Å²) >= 11 is 5.99. The van der Waals surface area contributed by atoms with E-state index in [-0.39, 0.29) is 0 Å². The molecule has 0 bridgehead atoms. The summed E-state index contributed by atoms with van der Waals surface area (Å²) in [6.45, 7) is 2.20. The summed E-state index contributed by atoms with van der Waals surface area (Å²) in [7, 11) is 0. The highest BCUT2D eigenvalue weighted by molar-refractivity contribution is 6.30. The first-order chi connectivity index (χ1) is 9.69. The predicted octanol–water partition coefficient (Wildman–Crippen LogP) is 2.34. The van der Waals surface area contributed by atoms with E-state index in [1.807, 2.05) is 13.0 Å². The van der Waals surface area contributed by atoms with Gasteiger partial charge in [-0.2, -0.15) is 0 Å². The predicted molar refractivity (Wildman–Crippen MR) is 74.9 cm³/mol. The third-order valence-corrected chi connectivity index (χ3v) is 3.16. The monoisotopic (exact) mass is 289 g/mol. The molecule has 0 aliphatic heterocycles. The van der Waals surface area contributed by atoms with Crippen molar-refractivity contribution in [3.05, 3.63) is 47.0 Å². The lowest BCUT2D eigenvalue weighted by atomic mass is 10.2. The molecule has 0 aliphatic carbocycles. The van der Waals surface area contributed by atoms with Crippen molar-refractivity contribution in [2.24, 2.45) is 5.73 Å². The van der Waals surface area contributed by atoms with Gasteiger partial charge in [-0.3, -0.25) is 4.40 Å². The lowest BCUT2D eigenvalue weighted by Gasteiger charge is -2.10. The topological polar surface area (TPSA) is 78.3 Å². The van der Waals surface area contributed by atoms with Crippen molar-refractivity contribution in [2.45, 2.75) is 13.5 Å². The normalized spacial score (nSPS) is 10.9. The van der Waals surface area contributed by atoms with Crippen LogP contribution in [0.25, 0.3) is 5.65 Å². The number of aryl methyl sites for hydroxylation is 1. The van der Waals surface area contributed by atoms with Crippen LogP contribution in [0.15, 0.2) is 30.6 Å². The summed E-state index contributed by atoms with van der Waals surface area (Å²) in [5, 5.41) is 8.62. The van der Waals surface area contributed by atoms with Crippen LogP contribution in [0.4, 0.5) is 0 Å². The fourth-order valence-corrected chi connectivity index (χ4v) is 2.05. The summed E-state index contributed by atoms with van der Waals surface area (Å²) in [4.78, 5) is 4.19. The van der Waals surface area contributed by atoms with Gasteiger partial charge in [-0.25, -0.2) is 4.98 Å². The Morgan fingerprint density at radius 3 is 3.00 bits per heavy atom. The van der Waals surface area contributed by atoms with Crippen molar-refractivity contribution >= 4 is 17.2 Å². The summed E-state index contributed by atoms with van der Waals surface area (Å²) in [6, 6.07) is 5.30. The fourth-order valence-electron chi connectivity index (χ4n) is 1.89. The molecule has 6 nitrogen and oxygen atoms in total. The number of benzene rings is 1. The zero-order valence-electron chi connectivity index (χ0n) is 10.7. The van der Waals surface area contributed by atoms with E-state index in [0.717, 1.165) is 11.4 Å². The number of nitrogens with two attached hydrogens (primary N) is 1. The second-order valence-electron chi connectivity index (χ2n) is 4.23. The summed E-state index contributed by atoms with van der Waals surface area (Å²) in [6.07, 6.45) is 3.41. The first kappa shape index (κ1) is 12.8. The standard InChI is InChI=1S/C13H12ClN5O/c1-8-17-18-12-13(16-4-5-19(8)12)20-11-6-10(14)3-2-9(11)7-15/h2-6H,7,15H2,1H3. The number of ether oxygens (including phenoxy) is 1. The Kier molecular flexibility index (Phi) is 3.25. The van der Waals surface area contributed by atoms with Gasteiger partial charge in [-0.05, 0) is 19.1 Å². The van der Waals surface area contributed by atoms with E-state index in [4.69, 9.17) is 22.1 Å². The molecule has 0 fully saturated rings. The SMILES string of the molecule is Cc1nnc2c(Oc3cc(Cl)ccc3CN)nccn12. The summed E-state index contributed by atoms with van der Waals surface area (Å²) in [5.41, 5.74) is 7.09. The van der Waals surface area contributed by atoms with Crippen LogP contribution in [0.3, 0.4) is 0 Å². The van der Waals surface area contributed by atoms with E-state index in [0.29, 0.717) is 28.8 Å². The molecule has 0 spiro atoms. The van der Waals surface area contributed by atoms with Crippen molar-refractivity contribution in [1.82, 2.24) is 19.6 Å². The van der Waals surface area contributed by atoms with E-state index in [2.05, 4.69) is 15.2 Å². The Labute approximate surface area is 120 Å². The van der Waals surface area contributed by atoms with Gasteiger partial charge in [0, 0.05) is 29.5 Å². The number of aromatic nitrogens is 4. The van der Waals surface area contributed by atoms with Crippen molar-refractivity contribution in [1.29, 1.82) is 0 Å². The van der Waals surface area contributed by atoms with Crippen LogP contribution in [-0.2, 0) is 6.54 Å². The van der Waals surface area contributed by atoms with Crippen molar-refractivity contribution in [2.75, 3.05) is 0 Å². The van der Waals surface area contributed by atoms with Crippen molar-refractivity contribution < 1.29 is 4.74 Å². The molecule has 2 heterocycles. The van der Waals surface area contributed by atoms with E-state index in [9.17, 15) is 0 Å². The molecule has 2 N–H and O–H groups in total. The molecular weight excluding hydrogens is 278 g/mol. The largest absolute Gasteiger partial charge is 0.435 e. The van der Waals surface area contributed by atoms with Gasteiger partial charge in [0.1, 0.15) is 11.6 Å². The highest BCUT2D eigenvalue weighted by Gasteiger charge is 2.12. The van der Waals surface area contributed by atoms with Crippen molar-refractivity contribution in [3.8, 4) is 11.6 Å². The average Bonchev–Trinajstić information content (AvgIpc) is 2.82. The van der Waals surface area contributed by atoms with Crippen LogP contribution in [0.5, 0.6) is 11.6 Å². The van der Waals surface area contributed by atoms with E-state index in [1.54, 1.807) is 28.9 Å². The zero-order valence-corrected chi connectivity index (χ0v) is 11.5. The molecular formula is C13H12ClN5O. The average molecular weight is 290 g/mol. The minimum Gasteiger partial charge on any atom is -0.435 e. The Morgan fingerprint density at radius 1 is 1.35 bits per heavy atom. The molecule has 0 unspecified atom stereocenters. The summed E-state index contributed by atoms with van der Waals surface area (Å²) < 4.78 is 7.61. The van der Waals surface area contributed by atoms with Gasteiger partial charge in [0.05, 0.1) is 0 Å². The molecule has 2 aromatic heterocycles. The van der Waals surface area contributed by atoms with Crippen LogP contribution in [0.1, 0.15) is 11.4 Å². The van der Waals surface area contributed by atoms with Gasteiger partial charge in [-0.15, -0.1) is 10.2 Å². The van der Waals surface area contributed by atoms with E-state index >= 15 is 0 Å². The number of halogens is 1. The van der Waals surface area contributed by atoms with Crippen LogP contribution in [0.2, 0.25) is 5.02 Å². The van der Waals surface area contributed by atoms with Gasteiger partial charge in [-0.1, -0.05) is 17.7 Å². The van der Waals surface area contributed by atoms with Crippen LogP contribution >= 0.6 is 11.6 Å². The Balaban J connectivity index is 2.07. The number of fused-ring (bicyclic) bond motifs is 1. The van der Waals surface area contributed by atoms with Gasteiger partial charge in [0.25, 0.3) is 5.88 Å². The molecule has 0 radical (unpaired) electrons. The van der Waals surface area contributed by atoms with Gasteiger partial charge in [0.2, 0.25) is 5.65 Å². The fraction of sp³-hybridized carbons (Fsp3) is 0.154. The molecule has 0 saturated heterocycles. The minimum absolute atomic E-state index is 0.349. The lowest BCUT2D eigenvalue weighted by molar-refractivity contribution is 0.459. The number of hydrogen-bond acceptors (Lipinski definition) is 5. The third kappa shape index (κ3) is 2.19. The molecule has 0 atom stereocenters. The van der Waals surface area contributed by atoms with Gasteiger partial charge >= 0.3 is 0 Å². The number of rotatable bonds is 3.